The lowest BCUT2D eigenvalue weighted by molar-refractivity contribution is -0.109. The SMILES string of the molecule is CNOSC(C)=O. The summed E-state index contributed by atoms with van der Waals surface area (Å²) in [6, 6.07) is 0. The minimum Gasteiger partial charge on any atom is -0.285 e. The van der Waals surface area contributed by atoms with Gasteiger partial charge in [-0.2, -0.15) is 5.48 Å². The Morgan fingerprint density at radius 3 is 2.57 bits per heavy atom. The quantitative estimate of drug-likeness (QED) is 0.422. The monoisotopic (exact) mass is 121 g/mol. The number of rotatable bonds is 2. The maximum Gasteiger partial charge on any atom is 0.214 e. The van der Waals surface area contributed by atoms with E-state index in [1.165, 1.54) is 6.92 Å². The van der Waals surface area contributed by atoms with Crippen LogP contribution in [-0.4, -0.2) is 12.2 Å². The summed E-state index contributed by atoms with van der Waals surface area (Å²) in [6.07, 6.45) is 0. The molecule has 0 aromatic rings. The lowest BCUT2D eigenvalue weighted by atomic mass is 10.9. The predicted molar refractivity (Wildman–Crippen MR) is 28.4 cm³/mol. The third kappa shape index (κ3) is 5.94. The van der Waals surface area contributed by atoms with Gasteiger partial charge in [-0.05, 0) is 0 Å². The molecule has 0 aromatic carbocycles. The molecule has 4 heteroatoms. The zero-order valence-corrected chi connectivity index (χ0v) is 5.04. The van der Waals surface area contributed by atoms with Crippen molar-refractivity contribution in [3.8, 4) is 0 Å². The smallest absolute Gasteiger partial charge is 0.214 e. The molecule has 0 aromatic heterocycles. The van der Waals surface area contributed by atoms with E-state index in [0.717, 1.165) is 12.0 Å². The van der Waals surface area contributed by atoms with Gasteiger partial charge in [-0.1, -0.05) is 0 Å². The van der Waals surface area contributed by atoms with Gasteiger partial charge in [0.1, 0.15) is 0 Å². The summed E-state index contributed by atoms with van der Waals surface area (Å²) in [7, 11) is 1.59. The fourth-order valence-electron chi connectivity index (χ4n) is 0.100. The topological polar surface area (TPSA) is 38.3 Å². The highest BCUT2D eigenvalue weighted by Crippen LogP contribution is 1.97. The first-order valence-corrected chi connectivity index (χ1v) is 2.52. The van der Waals surface area contributed by atoms with Crippen molar-refractivity contribution >= 4 is 17.2 Å². The first kappa shape index (κ1) is 6.94. The Kier molecular flexibility index (Phi) is 4.07. The van der Waals surface area contributed by atoms with Crippen LogP contribution in [-0.2, 0) is 9.08 Å². The minimum absolute atomic E-state index is 0.0608. The van der Waals surface area contributed by atoms with Gasteiger partial charge in [0.05, 0.1) is 12.0 Å². The zero-order chi connectivity index (χ0) is 5.70. The lowest BCUT2D eigenvalue weighted by Gasteiger charge is -1.90. The Balaban J connectivity index is 2.82. The van der Waals surface area contributed by atoms with Crippen LogP contribution in [0.25, 0.3) is 0 Å². The van der Waals surface area contributed by atoms with Crippen LogP contribution in [0.1, 0.15) is 6.92 Å². The van der Waals surface area contributed by atoms with E-state index < -0.39 is 0 Å². The van der Waals surface area contributed by atoms with E-state index in [9.17, 15) is 4.79 Å². The molecule has 0 rings (SSSR count). The van der Waals surface area contributed by atoms with E-state index in [1.54, 1.807) is 7.05 Å². The number of hydrogen-bond donors (Lipinski definition) is 1. The van der Waals surface area contributed by atoms with E-state index in [0.29, 0.717) is 0 Å². The van der Waals surface area contributed by atoms with Gasteiger partial charge >= 0.3 is 0 Å². The molecule has 0 unspecified atom stereocenters. The normalized spacial score (nSPS) is 8.86. The maximum atomic E-state index is 10.0. The molecule has 1 N–H and O–H groups in total. The van der Waals surface area contributed by atoms with Gasteiger partial charge in [-0.25, -0.2) is 4.28 Å². The first-order chi connectivity index (χ1) is 3.27. The molecule has 42 valence electrons. The van der Waals surface area contributed by atoms with Crippen molar-refractivity contribution in [1.29, 1.82) is 0 Å². The molecule has 0 atom stereocenters. The standard InChI is InChI=1S/C3H7NO2S/c1-3(5)7-6-4-2/h4H,1-2H3. The highest BCUT2D eigenvalue weighted by atomic mass is 32.2. The minimum atomic E-state index is -0.0608. The summed E-state index contributed by atoms with van der Waals surface area (Å²) < 4.78 is 4.41. The highest BCUT2D eigenvalue weighted by Gasteiger charge is 1.89. The number of carbonyl (C=O) groups is 1. The molecule has 0 aliphatic carbocycles. The molecular formula is C3H7NO2S. The molecule has 0 saturated carbocycles. The van der Waals surface area contributed by atoms with Gasteiger partial charge in [0.25, 0.3) is 0 Å². The second-order valence-electron chi connectivity index (χ2n) is 0.862. The third-order valence-electron chi connectivity index (χ3n) is 0.242. The number of hydrogen-bond acceptors (Lipinski definition) is 4. The van der Waals surface area contributed by atoms with E-state index in [4.69, 9.17) is 0 Å². The van der Waals surface area contributed by atoms with Crippen molar-refractivity contribution < 1.29 is 9.08 Å². The van der Waals surface area contributed by atoms with Crippen LogP contribution in [0.4, 0.5) is 0 Å². The number of carbonyl (C=O) groups excluding carboxylic acids is 1. The average molecular weight is 121 g/mol. The molecular weight excluding hydrogens is 114 g/mol. The Morgan fingerprint density at radius 2 is 2.43 bits per heavy atom. The third-order valence-corrected chi connectivity index (χ3v) is 0.727. The molecule has 0 aliphatic rings. The zero-order valence-electron chi connectivity index (χ0n) is 4.22. The van der Waals surface area contributed by atoms with Crippen LogP contribution < -0.4 is 5.48 Å². The fraction of sp³-hybridized carbons (Fsp3) is 0.667. The van der Waals surface area contributed by atoms with Crippen LogP contribution in [0.15, 0.2) is 0 Å². The second kappa shape index (κ2) is 4.11. The van der Waals surface area contributed by atoms with Crippen molar-refractivity contribution in [2.24, 2.45) is 0 Å². The number of nitrogens with one attached hydrogen (secondary N) is 1. The van der Waals surface area contributed by atoms with Crippen molar-refractivity contribution in [3.63, 3.8) is 0 Å². The molecule has 0 heterocycles. The second-order valence-corrected chi connectivity index (χ2v) is 1.77. The molecule has 0 saturated heterocycles. The molecule has 0 aliphatic heterocycles. The lowest BCUT2D eigenvalue weighted by Crippen LogP contribution is -2.01. The molecule has 0 radical (unpaired) electrons. The number of hydroxylamine groups is 1. The Labute approximate surface area is 46.6 Å². The van der Waals surface area contributed by atoms with Crippen molar-refractivity contribution in [2.45, 2.75) is 6.92 Å². The van der Waals surface area contributed by atoms with Crippen LogP contribution >= 0.6 is 12.0 Å². The highest BCUT2D eigenvalue weighted by molar-refractivity contribution is 8.09. The molecule has 0 amide bonds. The molecule has 7 heavy (non-hydrogen) atoms. The summed E-state index contributed by atoms with van der Waals surface area (Å²) in [4.78, 5) is 10.0. The average Bonchev–Trinajstić information content (AvgIpc) is 1.61. The summed E-state index contributed by atoms with van der Waals surface area (Å²) in [5.74, 6) is 0. The summed E-state index contributed by atoms with van der Waals surface area (Å²) in [5.41, 5.74) is 2.34. The van der Waals surface area contributed by atoms with Crippen molar-refractivity contribution in [1.82, 2.24) is 5.48 Å². The Hall–Kier alpha value is -0.0600. The van der Waals surface area contributed by atoms with Crippen LogP contribution in [0, 0.1) is 0 Å². The predicted octanol–water partition coefficient (Wildman–Crippen LogP) is 0.332. The first-order valence-electron chi connectivity index (χ1n) is 1.78. The maximum absolute atomic E-state index is 10.0. The van der Waals surface area contributed by atoms with Crippen LogP contribution in [0.2, 0.25) is 0 Å². The van der Waals surface area contributed by atoms with E-state index in [-0.39, 0.29) is 5.12 Å². The van der Waals surface area contributed by atoms with Crippen molar-refractivity contribution in [2.75, 3.05) is 7.05 Å². The van der Waals surface area contributed by atoms with Crippen LogP contribution in [0.3, 0.4) is 0 Å². The van der Waals surface area contributed by atoms with Gasteiger partial charge < -0.3 is 0 Å². The van der Waals surface area contributed by atoms with E-state index in [1.807, 2.05) is 0 Å². The molecule has 0 fully saturated rings. The Morgan fingerprint density at radius 1 is 1.86 bits per heavy atom. The summed E-state index contributed by atoms with van der Waals surface area (Å²) in [6.45, 7) is 1.43. The van der Waals surface area contributed by atoms with Gasteiger partial charge in [-0.3, -0.25) is 4.79 Å². The Bertz CT molecular complexity index is 66.0. The van der Waals surface area contributed by atoms with E-state index >= 15 is 0 Å². The van der Waals surface area contributed by atoms with Gasteiger partial charge in [0, 0.05) is 14.0 Å². The van der Waals surface area contributed by atoms with Crippen LogP contribution in [0.5, 0.6) is 0 Å². The largest absolute Gasteiger partial charge is 0.285 e. The van der Waals surface area contributed by atoms with Gasteiger partial charge in [-0.15, -0.1) is 0 Å². The van der Waals surface area contributed by atoms with E-state index in [2.05, 4.69) is 9.76 Å². The van der Waals surface area contributed by atoms with Gasteiger partial charge in [0.2, 0.25) is 5.12 Å². The molecule has 0 spiro atoms. The fourth-order valence-corrected chi connectivity index (χ4v) is 0.301. The summed E-state index contributed by atoms with van der Waals surface area (Å²) >= 11 is 0.781. The molecule has 3 nitrogen and oxygen atoms in total. The van der Waals surface area contributed by atoms with Crippen molar-refractivity contribution in [3.05, 3.63) is 0 Å². The van der Waals surface area contributed by atoms with Gasteiger partial charge in [0.15, 0.2) is 0 Å². The molecule has 0 bridgehead atoms. The summed E-state index contributed by atoms with van der Waals surface area (Å²) in [5, 5.41) is -0.0608.